The first-order valence-corrected chi connectivity index (χ1v) is 38.1. The van der Waals surface area contributed by atoms with Gasteiger partial charge in [-0.05, 0) is 57.8 Å². The van der Waals surface area contributed by atoms with Crippen molar-refractivity contribution in [1.29, 1.82) is 0 Å². The summed E-state index contributed by atoms with van der Waals surface area (Å²) in [4.78, 5) is 24.5. The number of rotatable bonds is 72. The van der Waals surface area contributed by atoms with Gasteiger partial charge in [-0.3, -0.25) is 9.59 Å². The minimum Gasteiger partial charge on any atom is -0.466 e. The summed E-state index contributed by atoms with van der Waals surface area (Å²) >= 11 is 0. The molecule has 0 aromatic carbocycles. The SMILES string of the molecule is CCCCCC/C=C\CCCCCCCC(=O)OCCCCCCCCCCCCCCCCCCCCCCCCCCCCCCCCCCCCCCCCCC(=O)NC(CO)C(O)/C=C/CCCCCCCCCCCCCC. The van der Waals surface area contributed by atoms with Gasteiger partial charge in [-0.15, -0.1) is 0 Å². The second kappa shape index (κ2) is 72.8. The van der Waals surface area contributed by atoms with E-state index in [4.69, 9.17) is 4.74 Å². The van der Waals surface area contributed by atoms with Crippen LogP contribution in [0.2, 0.25) is 0 Å². The average molecular weight is 1170 g/mol. The molecule has 0 bridgehead atoms. The molecule has 0 aliphatic carbocycles. The lowest BCUT2D eigenvalue weighted by Crippen LogP contribution is -2.45. The topological polar surface area (TPSA) is 95.9 Å². The normalized spacial score (nSPS) is 12.6. The smallest absolute Gasteiger partial charge is 0.305 e. The summed E-state index contributed by atoms with van der Waals surface area (Å²) in [7, 11) is 0. The van der Waals surface area contributed by atoms with Gasteiger partial charge < -0.3 is 20.3 Å². The van der Waals surface area contributed by atoms with E-state index in [1.807, 2.05) is 6.08 Å². The molecule has 492 valence electrons. The van der Waals surface area contributed by atoms with Crippen molar-refractivity contribution < 1.29 is 24.5 Å². The van der Waals surface area contributed by atoms with Gasteiger partial charge in [0.05, 0.1) is 25.4 Å². The van der Waals surface area contributed by atoms with Gasteiger partial charge in [0.15, 0.2) is 0 Å². The third-order valence-electron chi connectivity index (χ3n) is 18.0. The predicted molar refractivity (Wildman–Crippen MR) is 366 cm³/mol. The van der Waals surface area contributed by atoms with Crippen LogP contribution in [-0.2, 0) is 14.3 Å². The van der Waals surface area contributed by atoms with Crippen LogP contribution in [-0.4, -0.2) is 47.4 Å². The third kappa shape index (κ3) is 69.3. The maximum absolute atomic E-state index is 12.5. The van der Waals surface area contributed by atoms with Crippen molar-refractivity contribution in [1.82, 2.24) is 5.32 Å². The number of allylic oxidation sites excluding steroid dienone is 3. The Morgan fingerprint density at radius 1 is 0.325 bits per heavy atom. The molecule has 6 nitrogen and oxygen atoms in total. The van der Waals surface area contributed by atoms with Crippen molar-refractivity contribution in [2.45, 2.75) is 443 Å². The van der Waals surface area contributed by atoms with Crippen LogP contribution in [0.5, 0.6) is 0 Å². The van der Waals surface area contributed by atoms with Gasteiger partial charge in [0.2, 0.25) is 5.91 Å². The summed E-state index contributed by atoms with van der Waals surface area (Å²) in [5.41, 5.74) is 0. The molecule has 1 amide bonds. The van der Waals surface area contributed by atoms with Crippen LogP contribution in [0.15, 0.2) is 24.3 Å². The van der Waals surface area contributed by atoms with Crippen LogP contribution >= 0.6 is 0 Å². The first-order chi connectivity index (χ1) is 41.0. The third-order valence-corrected chi connectivity index (χ3v) is 18.0. The standard InChI is InChI=1S/C77H149NO5/c1-3-5-7-9-11-13-15-17-46-49-53-57-61-65-69-75(80)74(73-79)78-76(81)70-66-62-58-54-50-47-43-41-39-37-35-33-31-29-27-25-23-21-19-18-20-22-24-26-28-30-32-34-36-38-40-42-44-48-52-56-60-64-68-72-83-77(82)71-67-63-59-55-51-45-16-14-12-10-8-6-4-2/h14,16,65,69,74-75,79-80H,3-13,15,17-64,66-68,70-73H2,1-2H3,(H,78,81)/b16-14-,69-65+. The Labute approximate surface area is 520 Å². The largest absolute Gasteiger partial charge is 0.466 e. The highest BCUT2D eigenvalue weighted by Gasteiger charge is 2.18. The van der Waals surface area contributed by atoms with Crippen molar-refractivity contribution in [3.63, 3.8) is 0 Å². The van der Waals surface area contributed by atoms with E-state index in [1.54, 1.807) is 6.08 Å². The second-order valence-electron chi connectivity index (χ2n) is 26.3. The van der Waals surface area contributed by atoms with Gasteiger partial charge in [-0.1, -0.05) is 385 Å². The fraction of sp³-hybridized carbons (Fsp3) is 0.922. The highest BCUT2D eigenvalue weighted by molar-refractivity contribution is 5.76. The summed E-state index contributed by atoms with van der Waals surface area (Å²) in [6.07, 6.45) is 93.1. The molecule has 0 saturated carbocycles. The number of hydrogen-bond acceptors (Lipinski definition) is 5. The Bertz CT molecular complexity index is 1300. The zero-order valence-corrected chi connectivity index (χ0v) is 56.5. The molecule has 0 heterocycles. The van der Waals surface area contributed by atoms with Crippen LogP contribution in [0.4, 0.5) is 0 Å². The van der Waals surface area contributed by atoms with Crippen molar-refractivity contribution in [2.75, 3.05) is 13.2 Å². The molecule has 0 aromatic rings. The van der Waals surface area contributed by atoms with Gasteiger partial charge in [0, 0.05) is 12.8 Å². The lowest BCUT2D eigenvalue weighted by molar-refractivity contribution is -0.143. The summed E-state index contributed by atoms with van der Waals surface area (Å²) in [6, 6.07) is -0.622. The molecular weight excluding hydrogens is 1020 g/mol. The lowest BCUT2D eigenvalue weighted by atomic mass is 10.0. The number of hydrogen-bond donors (Lipinski definition) is 3. The molecule has 0 aliphatic rings. The Balaban J connectivity index is 3.29. The van der Waals surface area contributed by atoms with Crippen LogP contribution in [0.3, 0.4) is 0 Å². The number of nitrogens with one attached hydrogen (secondary N) is 1. The Morgan fingerprint density at radius 2 is 0.566 bits per heavy atom. The van der Waals surface area contributed by atoms with Crippen molar-refractivity contribution in [3.8, 4) is 0 Å². The summed E-state index contributed by atoms with van der Waals surface area (Å²) < 4.78 is 5.49. The van der Waals surface area contributed by atoms with Gasteiger partial charge in [-0.25, -0.2) is 0 Å². The molecule has 83 heavy (non-hydrogen) atoms. The second-order valence-corrected chi connectivity index (χ2v) is 26.3. The van der Waals surface area contributed by atoms with Crippen molar-refractivity contribution in [3.05, 3.63) is 24.3 Å². The zero-order chi connectivity index (χ0) is 59.9. The van der Waals surface area contributed by atoms with E-state index < -0.39 is 12.1 Å². The van der Waals surface area contributed by atoms with E-state index in [-0.39, 0.29) is 18.5 Å². The molecule has 0 radical (unpaired) electrons. The highest BCUT2D eigenvalue weighted by atomic mass is 16.5. The van der Waals surface area contributed by atoms with E-state index in [0.29, 0.717) is 19.4 Å². The molecule has 0 rings (SSSR count). The number of carbonyl (C=O) groups excluding carboxylic acids is 2. The summed E-state index contributed by atoms with van der Waals surface area (Å²) in [6.45, 7) is 4.92. The van der Waals surface area contributed by atoms with Gasteiger partial charge in [0.1, 0.15) is 0 Å². The lowest BCUT2D eigenvalue weighted by Gasteiger charge is -2.20. The molecule has 0 spiro atoms. The average Bonchev–Trinajstić information content (AvgIpc) is 3.49. The number of carbonyl (C=O) groups is 2. The van der Waals surface area contributed by atoms with Gasteiger partial charge in [-0.2, -0.15) is 0 Å². The molecule has 0 saturated heterocycles. The molecule has 3 N–H and O–H groups in total. The van der Waals surface area contributed by atoms with E-state index in [2.05, 4.69) is 31.3 Å². The van der Waals surface area contributed by atoms with Crippen LogP contribution in [0.1, 0.15) is 431 Å². The molecule has 0 aromatic heterocycles. The van der Waals surface area contributed by atoms with Crippen molar-refractivity contribution >= 4 is 11.9 Å². The zero-order valence-electron chi connectivity index (χ0n) is 56.5. The first kappa shape index (κ1) is 81.3. The number of esters is 1. The minimum absolute atomic E-state index is 0.0152. The maximum Gasteiger partial charge on any atom is 0.305 e. The summed E-state index contributed by atoms with van der Waals surface area (Å²) in [5.74, 6) is -0.0442. The number of amides is 1. The minimum atomic E-state index is -0.839. The molecule has 6 heteroatoms. The number of unbranched alkanes of at least 4 members (excludes halogenated alkanes) is 59. The van der Waals surface area contributed by atoms with E-state index in [9.17, 15) is 19.8 Å². The Kier molecular flexibility index (Phi) is 71.4. The van der Waals surface area contributed by atoms with Gasteiger partial charge in [0.25, 0.3) is 0 Å². The van der Waals surface area contributed by atoms with E-state index in [1.165, 1.54) is 360 Å². The number of aliphatic hydroxyl groups excluding tert-OH is 2. The van der Waals surface area contributed by atoms with Crippen molar-refractivity contribution in [2.24, 2.45) is 0 Å². The monoisotopic (exact) mass is 1170 g/mol. The maximum atomic E-state index is 12.5. The van der Waals surface area contributed by atoms with Crippen LogP contribution in [0.25, 0.3) is 0 Å². The van der Waals surface area contributed by atoms with Crippen LogP contribution < -0.4 is 5.32 Å². The highest BCUT2D eigenvalue weighted by Crippen LogP contribution is 2.20. The fourth-order valence-electron chi connectivity index (χ4n) is 12.2. The molecule has 2 unspecified atom stereocenters. The van der Waals surface area contributed by atoms with Gasteiger partial charge >= 0.3 is 5.97 Å². The van der Waals surface area contributed by atoms with Crippen LogP contribution in [0, 0.1) is 0 Å². The molecular formula is C77H149NO5. The van der Waals surface area contributed by atoms with E-state index >= 15 is 0 Å². The quantitative estimate of drug-likeness (QED) is 0.0320. The molecule has 0 aliphatic heterocycles. The van der Waals surface area contributed by atoms with E-state index in [0.717, 1.165) is 44.9 Å². The number of aliphatic hydroxyl groups is 2. The number of ether oxygens (including phenoxy) is 1. The predicted octanol–water partition coefficient (Wildman–Crippen LogP) is 24.9. The molecule has 2 atom stereocenters. The molecule has 0 fully saturated rings. The first-order valence-electron chi connectivity index (χ1n) is 38.1. The summed E-state index contributed by atoms with van der Waals surface area (Å²) in [5, 5.41) is 23.2. The Morgan fingerprint density at radius 3 is 0.867 bits per heavy atom. The Hall–Kier alpha value is -1.66. The fourth-order valence-corrected chi connectivity index (χ4v) is 12.2.